The zero-order valence-electron chi connectivity index (χ0n) is 15.5. The van der Waals surface area contributed by atoms with Crippen LogP contribution in [0.3, 0.4) is 0 Å². The van der Waals surface area contributed by atoms with Gasteiger partial charge < -0.3 is 4.57 Å². The van der Waals surface area contributed by atoms with Gasteiger partial charge in [0.15, 0.2) is 0 Å². The number of rotatable bonds is 2. The number of fused-ring (bicyclic) bond motifs is 3. The Morgan fingerprint density at radius 2 is 1.37 bits per heavy atom. The average Bonchev–Trinajstić information content (AvgIpc) is 3.00. The Kier molecular flexibility index (Phi) is 3.58. The molecular formula is C25H20N2. The average molecular weight is 348 g/mol. The molecular weight excluding hydrogens is 328 g/mol. The highest BCUT2D eigenvalue weighted by molar-refractivity contribution is 6.09. The largest absolute Gasteiger partial charge is 0.344 e. The van der Waals surface area contributed by atoms with Crippen molar-refractivity contribution in [1.82, 2.24) is 9.55 Å². The minimum Gasteiger partial charge on any atom is -0.344 e. The van der Waals surface area contributed by atoms with E-state index in [9.17, 15) is 0 Å². The van der Waals surface area contributed by atoms with E-state index in [0.29, 0.717) is 0 Å². The Morgan fingerprint density at radius 3 is 2.19 bits per heavy atom. The van der Waals surface area contributed by atoms with Gasteiger partial charge in [0.05, 0.1) is 5.69 Å². The number of hydrogen-bond donors (Lipinski definition) is 0. The van der Waals surface area contributed by atoms with Crippen LogP contribution in [0.15, 0.2) is 85.1 Å². The van der Waals surface area contributed by atoms with Gasteiger partial charge in [-0.1, -0.05) is 54.6 Å². The third kappa shape index (κ3) is 2.61. The van der Waals surface area contributed by atoms with E-state index in [1.165, 1.54) is 38.5 Å². The van der Waals surface area contributed by atoms with E-state index >= 15 is 0 Å². The summed E-state index contributed by atoms with van der Waals surface area (Å²) in [7, 11) is 2.15. The monoisotopic (exact) mass is 348 g/mol. The van der Waals surface area contributed by atoms with Crippen LogP contribution in [0.1, 0.15) is 5.56 Å². The highest BCUT2D eigenvalue weighted by Crippen LogP contribution is 2.33. The molecule has 0 aliphatic carbocycles. The molecule has 0 N–H and O–H groups in total. The van der Waals surface area contributed by atoms with Crippen molar-refractivity contribution in [3.05, 3.63) is 90.6 Å². The van der Waals surface area contributed by atoms with Gasteiger partial charge in [0.25, 0.3) is 0 Å². The van der Waals surface area contributed by atoms with Crippen molar-refractivity contribution in [3.63, 3.8) is 0 Å². The summed E-state index contributed by atoms with van der Waals surface area (Å²) in [5.74, 6) is 0. The predicted octanol–water partition coefficient (Wildman–Crippen LogP) is 6.37. The van der Waals surface area contributed by atoms with Crippen LogP contribution in [-0.2, 0) is 7.05 Å². The minimum absolute atomic E-state index is 1.00. The number of nitrogens with zero attached hydrogens (tertiary/aromatic N) is 2. The van der Waals surface area contributed by atoms with Crippen molar-refractivity contribution in [2.75, 3.05) is 0 Å². The number of aromatic nitrogens is 2. The fraction of sp³-hybridized carbons (Fsp3) is 0.0800. The maximum Gasteiger partial charge on any atom is 0.0708 e. The van der Waals surface area contributed by atoms with Crippen LogP contribution in [0, 0.1) is 6.92 Å². The summed E-state index contributed by atoms with van der Waals surface area (Å²) in [6.07, 6.45) is 1.90. The SMILES string of the molecule is Cc1ccc2c3ccc(-c4ccnc(-c5ccccc5)c4)cc3n(C)c2c1. The van der Waals surface area contributed by atoms with Crippen molar-refractivity contribution in [2.45, 2.75) is 6.92 Å². The van der Waals surface area contributed by atoms with Crippen molar-refractivity contribution in [1.29, 1.82) is 0 Å². The maximum atomic E-state index is 4.55. The Labute approximate surface area is 158 Å². The van der Waals surface area contributed by atoms with Gasteiger partial charge >= 0.3 is 0 Å². The Bertz CT molecular complexity index is 1280. The second-order valence-electron chi connectivity index (χ2n) is 7.11. The van der Waals surface area contributed by atoms with Crippen LogP contribution in [0.25, 0.3) is 44.2 Å². The van der Waals surface area contributed by atoms with E-state index < -0.39 is 0 Å². The second-order valence-corrected chi connectivity index (χ2v) is 7.11. The topological polar surface area (TPSA) is 17.8 Å². The zero-order valence-corrected chi connectivity index (χ0v) is 15.5. The lowest BCUT2D eigenvalue weighted by Gasteiger charge is -2.06. The first kappa shape index (κ1) is 15.8. The van der Waals surface area contributed by atoms with E-state index in [2.05, 4.69) is 84.2 Å². The molecule has 0 amide bonds. The molecule has 5 rings (SSSR count). The second kappa shape index (κ2) is 6.10. The zero-order chi connectivity index (χ0) is 18.4. The number of aryl methyl sites for hydroxylation is 2. The summed E-state index contributed by atoms with van der Waals surface area (Å²) < 4.78 is 2.29. The molecule has 0 aliphatic heterocycles. The van der Waals surface area contributed by atoms with Gasteiger partial charge in [-0.15, -0.1) is 0 Å². The summed E-state index contributed by atoms with van der Waals surface area (Å²) in [6.45, 7) is 2.14. The lowest BCUT2D eigenvalue weighted by atomic mass is 10.0. The van der Waals surface area contributed by atoms with Crippen LogP contribution < -0.4 is 0 Å². The lowest BCUT2D eigenvalue weighted by Crippen LogP contribution is -1.88. The molecule has 130 valence electrons. The normalized spacial score (nSPS) is 11.3. The molecule has 0 unspecified atom stereocenters. The summed E-state index contributed by atoms with van der Waals surface area (Å²) in [6, 6.07) is 28.0. The van der Waals surface area contributed by atoms with Gasteiger partial charge in [0.1, 0.15) is 0 Å². The van der Waals surface area contributed by atoms with Gasteiger partial charge in [-0.3, -0.25) is 4.98 Å². The summed E-state index contributed by atoms with van der Waals surface area (Å²) >= 11 is 0. The Morgan fingerprint density at radius 1 is 0.667 bits per heavy atom. The number of benzene rings is 3. The van der Waals surface area contributed by atoms with Gasteiger partial charge in [0.2, 0.25) is 0 Å². The highest BCUT2D eigenvalue weighted by Gasteiger charge is 2.10. The van der Waals surface area contributed by atoms with Gasteiger partial charge in [-0.25, -0.2) is 0 Å². The molecule has 3 aromatic carbocycles. The molecule has 5 aromatic rings. The fourth-order valence-electron chi connectivity index (χ4n) is 3.87. The van der Waals surface area contributed by atoms with E-state index in [0.717, 1.165) is 11.3 Å². The molecule has 0 saturated carbocycles. The first-order valence-corrected chi connectivity index (χ1v) is 9.21. The highest BCUT2D eigenvalue weighted by atomic mass is 14.9. The summed E-state index contributed by atoms with van der Waals surface area (Å²) in [5.41, 5.74) is 8.36. The molecule has 0 fully saturated rings. The van der Waals surface area contributed by atoms with E-state index in [4.69, 9.17) is 0 Å². The Hall–Kier alpha value is -3.39. The van der Waals surface area contributed by atoms with E-state index in [1.54, 1.807) is 0 Å². The van der Waals surface area contributed by atoms with Crippen LogP contribution in [0.2, 0.25) is 0 Å². The van der Waals surface area contributed by atoms with Crippen LogP contribution in [0.4, 0.5) is 0 Å². The van der Waals surface area contributed by atoms with Crippen molar-refractivity contribution in [2.24, 2.45) is 7.05 Å². The third-order valence-electron chi connectivity index (χ3n) is 5.33. The lowest BCUT2D eigenvalue weighted by molar-refractivity contribution is 1.01. The Balaban J connectivity index is 1.68. The molecule has 2 heteroatoms. The first-order valence-electron chi connectivity index (χ1n) is 9.21. The minimum atomic E-state index is 1.00. The molecule has 0 radical (unpaired) electrons. The van der Waals surface area contributed by atoms with Gasteiger partial charge in [-0.2, -0.15) is 0 Å². The van der Waals surface area contributed by atoms with Crippen molar-refractivity contribution in [3.8, 4) is 22.4 Å². The van der Waals surface area contributed by atoms with E-state index in [1.807, 2.05) is 24.4 Å². The van der Waals surface area contributed by atoms with Gasteiger partial charge in [-0.05, 0) is 47.9 Å². The summed E-state index contributed by atoms with van der Waals surface area (Å²) in [5, 5.41) is 2.61. The molecule has 2 nitrogen and oxygen atoms in total. The van der Waals surface area contributed by atoms with E-state index in [-0.39, 0.29) is 0 Å². The van der Waals surface area contributed by atoms with Crippen LogP contribution in [-0.4, -0.2) is 9.55 Å². The molecule has 0 aliphatic rings. The first-order chi connectivity index (χ1) is 13.2. The molecule has 0 atom stereocenters. The van der Waals surface area contributed by atoms with Crippen LogP contribution >= 0.6 is 0 Å². The number of pyridine rings is 1. The molecule has 2 aromatic heterocycles. The van der Waals surface area contributed by atoms with Crippen molar-refractivity contribution < 1.29 is 0 Å². The fourth-order valence-corrected chi connectivity index (χ4v) is 3.87. The molecule has 0 saturated heterocycles. The molecule has 2 heterocycles. The predicted molar refractivity (Wildman–Crippen MR) is 114 cm³/mol. The quantitative estimate of drug-likeness (QED) is 0.362. The maximum absolute atomic E-state index is 4.55. The summed E-state index contributed by atoms with van der Waals surface area (Å²) in [4.78, 5) is 4.55. The number of hydrogen-bond acceptors (Lipinski definition) is 1. The van der Waals surface area contributed by atoms with Crippen LogP contribution in [0.5, 0.6) is 0 Å². The smallest absolute Gasteiger partial charge is 0.0708 e. The standard InChI is InChI=1S/C25H20N2/c1-17-8-10-21-22-11-9-19(16-25(22)27(2)24(21)14-17)20-12-13-26-23(15-20)18-6-4-3-5-7-18/h3-16H,1-2H3. The molecule has 27 heavy (non-hydrogen) atoms. The van der Waals surface area contributed by atoms with Gasteiger partial charge in [0, 0.05) is 40.6 Å². The van der Waals surface area contributed by atoms with Crippen molar-refractivity contribution >= 4 is 21.8 Å². The molecule has 0 bridgehead atoms. The molecule has 0 spiro atoms. The third-order valence-corrected chi connectivity index (χ3v) is 5.33.